The Morgan fingerprint density at radius 2 is 2.04 bits per heavy atom. The molecule has 1 saturated heterocycles. The van der Waals surface area contributed by atoms with E-state index in [1.165, 1.54) is 0 Å². The molecular weight excluding hydrogens is 314 g/mol. The van der Waals surface area contributed by atoms with Gasteiger partial charge < -0.3 is 9.47 Å². The lowest BCUT2D eigenvalue weighted by atomic mass is 10.1. The summed E-state index contributed by atoms with van der Waals surface area (Å²) in [5.41, 5.74) is 1.83. The number of carbonyl (C=O) groups excluding carboxylic acids is 1. The first-order valence-corrected chi connectivity index (χ1v) is 8.78. The molecule has 3 heterocycles. The zero-order valence-corrected chi connectivity index (χ0v) is 14.9. The van der Waals surface area contributed by atoms with Gasteiger partial charge in [-0.1, -0.05) is 18.2 Å². The van der Waals surface area contributed by atoms with E-state index >= 15 is 0 Å². The van der Waals surface area contributed by atoms with Crippen LogP contribution in [0.1, 0.15) is 41.0 Å². The average molecular weight is 337 g/mol. The summed E-state index contributed by atoms with van der Waals surface area (Å²) in [4.78, 5) is 19.5. The van der Waals surface area contributed by atoms with Crippen LogP contribution >= 0.6 is 0 Å². The number of aromatic nitrogens is 4. The summed E-state index contributed by atoms with van der Waals surface area (Å²) in [6.07, 6.45) is 2.02. The number of amides is 1. The predicted molar refractivity (Wildman–Crippen MR) is 96.6 cm³/mol. The van der Waals surface area contributed by atoms with Gasteiger partial charge in [0.1, 0.15) is 17.3 Å². The Labute approximate surface area is 147 Å². The number of benzene rings is 1. The lowest BCUT2D eigenvalue weighted by molar-refractivity contribution is 0.0662. The molecule has 0 radical (unpaired) electrons. The number of aryl methyl sites for hydroxylation is 3. The molecule has 0 saturated carbocycles. The Morgan fingerprint density at radius 1 is 1.24 bits per heavy atom. The molecule has 4 rings (SSSR count). The summed E-state index contributed by atoms with van der Waals surface area (Å²) in [6, 6.07) is 10.3. The molecule has 0 unspecified atom stereocenters. The standard InChI is InChI=1S/C19H23N5O/c1-13-20-14(2)24(21-13)16-8-6-10-23(12-16)19(25)18-11-15-7-4-5-9-17(15)22(18)3/h4-5,7,9,11,16H,6,8,10,12H2,1-3H3/t16-/m1/s1. The monoisotopic (exact) mass is 337 g/mol. The molecule has 0 bridgehead atoms. The van der Waals surface area contributed by atoms with E-state index in [0.717, 1.165) is 47.6 Å². The molecule has 2 aromatic heterocycles. The van der Waals surface area contributed by atoms with Crippen molar-refractivity contribution in [3.8, 4) is 0 Å². The molecule has 1 aromatic carbocycles. The normalized spacial score (nSPS) is 18.0. The summed E-state index contributed by atoms with van der Waals surface area (Å²) < 4.78 is 3.97. The molecule has 0 spiro atoms. The molecule has 6 heteroatoms. The summed E-state index contributed by atoms with van der Waals surface area (Å²) in [5, 5.41) is 5.62. The fraction of sp³-hybridized carbons (Fsp3) is 0.421. The minimum Gasteiger partial charge on any atom is -0.340 e. The van der Waals surface area contributed by atoms with Crippen LogP contribution in [0.2, 0.25) is 0 Å². The molecule has 25 heavy (non-hydrogen) atoms. The van der Waals surface area contributed by atoms with Crippen LogP contribution in [-0.2, 0) is 7.05 Å². The maximum absolute atomic E-state index is 13.1. The van der Waals surface area contributed by atoms with Gasteiger partial charge in [-0.2, -0.15) is 5.10 Å². The van der Waals surface area contributed by atoms with Gasteiger partial charge in [-0.25, -0.2) is 9.67 Å². The number of piperidine rings is 1. The van der Waals surface area contributed by atoms with Gasteiger partial charge in [0.05, 0.1) is 6.04 Å². The lowest BCUT2D eigenvalue weighted by Gasteiger charge is -2.33. The number of likely N-dealkylation sites (tertiary alicyclic amines) is 1. The van der Waals surface area contributed by atoms with Crippen LogP contribution in [0.5, 0.6) is 0 Å². The third kappa shape index (κ3) is 2.71. The van der Waals surface area contributed by atoms with Crippen LogP contribution in [-0.4, -0.2) is 43.2 Å². The Morgan fingerprint density at radius 3 is 2.76 bits per heavy atom. The molecule has 3 aromatic rings. The zero-order valence-electron chi connectivity index (χ0n) is 14.9. The smallest absolute Gasteiger partial charge is 0.270 e. The van der Waals surface area contributed by atoms with Crippen LogP contribution in [0.3, 0.4) is 0 Å². The number of hydrogen-bond acceptors (Lipinski definition) is 3. The van der Waals surface area contributed by atoms with Gasteiger partial charge in [-0.3, -0.25) is 4.79 Å². The second-order valence-electron chi connectivity index (χ2n) is 6.85. The van der Waals surface area contributed by atoms with Gasteiger partial charge in [0.2, 0.25) is 0 Å². The third-order valence-electron chi connectivity index (χ3n) is 5.11. The van der Waals surface area contributed by atoms with Crippen molar-refractivity contribution >= 4 is 16.8 Å². The van der Waals surface area contributed by atoms with Crippen LogP contribution in [0.15, 0.2) is 30.3 Å². The molecular formula is C19H23N5O. The van der Waals surface area contributed by atoms with Crippen molar-refractivity contribution in [1.82, 2.24) is 24.2 Å². The Hall–Kier alpha value is -2.63. The van der Waals surface area contributed by atoms with Crippen LogP contribution in [0.25, 0.3) is 10.9 Å². The minimum absolute atomic E-state index is 0.0953. The van der Waals surface area contributed by atoms with Gasteiger partial charge in [-0.15, -0.1) is 0 Å². The first kappa shape index (κ1) is 15.9. The van der Waals surface area contributed by atoms with Crippen LogP contribution in [0, 0.1) is 13.8 Å². The van der Waals surface area contributed by atoms with Crippen LogP contribution in [0.4, 0.5) is 0 Å². The lowest BCUT2D eigenvalue weighted by Crippen LogP contribution is -2.41. The molecule has 0 N–H and O–H groups in total. The summed E-state index contributed by atoms with van der Waals surface area (Å²) in [5.74, 6) is 1.80. The van der Waals surface area contributed by atoms with Gasteiger partial charge >= 0.3 is 0 Å². The second-order valence-corrected chi connectivity index (χ2v) is 6.85. The van der Waals surface area contributed by atoms with Crippen molar-refractivity contribution in [3.63, 3.8) is 0 Å². The highest BCUT2D eigenvalue weighted by Crippen LogP contribution is 2.25. The van der Waals surface area contributed by atoms with Crippen LogP contribution < -0.4 is 0 Å². The van der Waals surface area contributed by atoms with E-state index in [1.54, 1.807) is 0 Å². The number of para-hydroxylation sites is 1. The molecule has 1 aliphatic rings. The molecule has 1 atom stereocenters. The van der Waals surface area contributed by atoms with Gasteiger partial charge in [0.25, 0.3) is 5.91 Å². The van der Waals surface area contributed by atoms with Gasteiger partial charge in [0.15, 0.2) is 0 Å². The number of nitrogens with zero attached hydrogens (tertiary/aromatic N) is 5. The topological polar surface area (TPSA) is 56.0 Å². The van der Waals surface area contributed by atoms with Gasteiger partial charge in [-0.05, 0) is 38.8 Å². The molecule has 1 aliphatic heterocycles. The quantitative estimate of drug-likeness (QED) is 0.722. The number of carbonyl (C=O) groups is 1. The first-order valence-electron chi connectivity index (χ1n) is 8.78. The molecule has 6 nitrogen and oxygen atoms in total. The number of hydrogen-bond donors (Lipinski definition) is 0. The molecule has 1 amide bonds. The highest BCUT2D eigenvalue weighted by atomic mass is 16.2. The van der Waals surface area contributed by atoms with Crippen molar-refractivity contribution in [3.05, 3.63) is 47.7 Å². The largest absolute Gasteiger partial charge is 0.340 e. The van der Waals surface area contributed by atoms with Gasteiger partial charge in [0, 0.05) is 31.0 Å². The maximum Gasteiger partial charge on any atom is 0.270 e. The van der Waals surface area contributed by atoms with E-state index in [-0.39, 0.29) is 11.9 Å². The van der Waals surface area contributed by atoms with Crippen molar-refractivity contribution in [2.75, 3.05) is 13.1 Å². The van der Waals surface area contributed by atoms with E-state index in [9.17, 15) is 4.79 Å². The molecule has 130 valence electrons. The predicted octanol–water partition coefficient (Wildman–Crippen LogP) is 2.86. The maximum atomic E-state index is 13.1. The summed E-state index contributed by atoms with van der Waals surface area (Å²) in [6.45, 7) is 5.36. The fourth-order valence-corrected chi connectivity index (χ4v) is 3.88. The number of rotatable bonds is 2. The van der Waals surface area contributed by atoms with Crippen molar-refractivity contribution in [2.45, 2.75) is 32.7 Å². The summed E-state index contributed by atoms with van der Waals surface area (Å²) in [7, 11) is 1.96. The zero-order chi connectivity index (χ0) is 17.6. The van der Waals surface area contributed by atoms with E-state index in [4.69, 9.17) is 0 Å². The SMILES string of the molecule is Cc1nc(C)n([C@@H]2CCCN(C(=O)c3cc4ccccc4n3C)C2)n1. The average Bonchev–Trinajstić information content (AvgIpc) is 3.14. The first-order chi connectivity index (χ1) is 12.0. The van der Waals surface area contributed by atoms with E-state index in [0.29, 0.717) is 6.54 Å². The molecule has 1 fully saturated rings. The van der Waals surface area contributed by atoms with E-state index < -0.39 is 0 Å². The Bertz CT molecular complexity index is 939. The number of fused-ring (bicyclic) bond motifs is 1. The summed E-state index contributed by atoms with van der Waals surface area (Å²) >= 11 is 0. The van der Waals surface area contributed by atoms with Crippen molar-refractivity contribution in [2.24, 2.45) is 7.05 Å². The van der Waals surface area contributed by atoms with Crippen molar-refractivity contribution < 1.29 is 4.79 Å². The Kier molecular flexibility index (Phi) is 3.82. The van der Waals surface area contributed by atoms with Crippen molar-refractivity contribution in [1.29, 1.82) is 0 Å². The fourth-order valence-electron chi connectivity index (χ4n) is 3.88. The third-order valence-corrected chi connectivity index (χ3v) is 5.11. The highest BCUT2D eigenvalue weighted by molar-refractivity contribution is 5.98. The Balaban J connectivity index is 1.61. The second kappa shape index (κ2) is 6.02. The minimum atomic E-state index is 0.0953. The van der Waals surface area contributed by atoms with E-state index in [2.05, 4.69) is 10.1 Å². The highest BCUT2D eigenvalue weighted by Gasteiger charge is 2.28. The molecule has 0 aliphatic carbocycles. The van der Waals surface area contributed by atoms with E-state index in [1.807, 2.05) is 65.4 Å².